The molecule has 0 saturated carbocycles. The Morgan fingerprint density at radius 1 is 1.13 bits per heavy atom. The van der Waals surface area contributed by atoms with E-state index in [0.29, 0.717) is 0 Å². The summed E-state index contributed by atoms with van der Waals surface area (Å²) in [5.41, 5.74) is -0.462. The zero-order valence-corrected chi connectivity index (χ0v) is 14.0. The third kappa shape index (κ3) is 3.71. The van der Waals surface area contributed by atoms with Crippen LogP contribution in [0.3, 0.4) is 0 Å². The summed E-state index contributed by atoms with van der Waals surface area (Å²) in [6.07, 6.45) is 3.59. The van der Waals surface area contributed by atoms with Gasteiger partial charge in [0.05, 0.1) is 0 Å². The number of carbonyl (C=O) groups excluding carboxylic acids is 1. The predicted octanol–water partition coefficient (Wildman–Crippen LogP) is 3.70. The Morgan fingerprint density at radius 2 is 1.70 bits per heavy atom. The van der Waals surface area contributed by atoms with Crippen LogP contribution >= 0.6 is 0 Å². The number of carbonyl (C=O) groups is 1. The van der Waals surface area contributed by atoms with Gasteiger partial charge >= 0.3 is 6.09 Å². The fraction of sp³-hybridized carbons (Fsp3) is 0.611. The van der Waals surface area contributed by atoms with Crippen LogP contribution in [0, 0.1) is 0 Å². The van der Waals surface area contributed by atoms with E-state index in [0.717, 1.165) is 31.4 Å². The molecular formula is C18H25NO4. The molecule has 2 bridgehead atoms. The van der Waals surface area contributed by atoms with E-state index < -0.39 is 5.60 Å². The quantitative estimate of drug-likeness (QED) is 0.903. The Bertz CT molecular complexity index is 549. The molecule has 0 aliphatic carbocycles. The molecule has 1 amide bonds. The molecule has 2 fully saturated rings. The smallest absolute Gasteiger partial charge is 0.410 e. The van der Waals surface area contributed by atoms with E-state index >= 15 is 0 Å². The van der Waals surface area contributed by atoms with Crippen LogP contribution in [0.15, 0.2) is 24.3 Å². The Kier molecular flexibility index (Phi) is 4.13. The zero-order valence-electron chi connectivity index (χ0n) is 14.0. The first-order valence-electron chi connectivity index (χ1n) is 8.29. The highest BCUT2D eigenvalue weighted by molar-refractivity contribution is 5.69. The van der Waals surface area contributed by atoms with Crippen LogP contribution in [0.2, 0.25) is 0 Å². The first kappa shape index (κ1) is 16.0. The molecule has 1 aromatic rings. The lowest BCUT2D eigenvalue weighted by atomic mass is 10.00. The van der Waals surface area contributed by atoms with Crippen molar-refractivity contribution in [1.29, 1.82) is 0 Å². The molecule has 1 unspecified atom stereocenters. The number of hydrogen-bond donors (Lipinski definition) is 1. The highest BCUT2D eigenvalue weighted by Crippen LogP contribution is 2.38. The maximum atomic E-state index is 12.4. The van der Waals surface area contributed by atoms with Crippen LogP contribution in [0.1, 0.15) is 46.5 Å². The standard InChI is InChI=1S/C18H25NO4/c1-18(2,3)23-17(21)19-12-4-5-13(19)11-16(10-12)22-15-8-6-14(20)7-9-15/h6-9,12-13,16,20H,4-5,10-11H2,1-3H3/t12-,13+,16?. The van der Waals surface area contributed by atoms with Gasteiger partial charge in [0.15, 0.2) is 0 Å². The number of hydrogen-bond acceptors (Lipinski definition) is 4. The summed E-state index contributed by atoms with van der Waals surface area (Å²) < 4.78 is 11.6. The number of benzene rings is 1. The maximum absolute atomic E-state index is 12.4. The molecule has 3 rings (SSSR count). The zero-order chi connectivity index (χ0) is 16.6. The molecule has 2 aliphatic rings. The molecule has 0 radical (unpaired) electrons. The van der Waals surface area contributed by atoms with E-state index in [4.69, 9.17) is 9.47 Å². The van der Waals surface area contributed by atoms with Crippen molar-refractivity contribution in [3.05, 3.63) is 24.3 Å². The largest absolute Gasteiger partial charge is 0.508 e. The SMILES string of the molecule is CC(C)(C)OC(=O)N1[C@@H]2CC[C@H]1CC(Oc1ccc(O)cc1)C2. The van der Waals surface area contributed by atoms with Gasteiger partial charge in [-0.25, -0.2) is 4.79 Å². The molecule has 126 valence electrons. The van der Waals surface area contributed by atoms with Gasteiger partial charge in [-0.15, -0.1) is 0 Å². The molecule has 5 heteroatoms. The molecule has 0 aromatic heterocycles. The summed E-state index contributed by atoms with van der Waals surface area (Å²) in [6.45, 7) is 5.69. The van der Waals surface area contributed by atoms with Crippen LogP contribution in [-0.4, -0.2) is 39.9 Å². The Hall–Kier alpha value is -1.91. The Labute approximate surface area is 137 Å². The molecule has 1 N–H and O–H groups in total. The van der Waals surface area contributed by atoms with Gasteiger partial charge in [0.2, 0.25) is 0 Å². The first-order chi connectivity index (χ1) is 10.8. The minimum absolute atomic E-state index is 0.107. The van der Waals surface area contributed by atoms with Crippen molar-refractivity contribution >= 4 is 6.09 Å². The van der Waals surface area contributed by atoms with E-state index in [1.165, 1.54) is 0 Å². The second-order valence-electron chi connectivity index (χ2n) is 7.48. The lowest BCUT2D eigenvalue weighted by Gasteiger charge is -2.39. The topological polar surface area (TPSA) is 59.0 Å². The Morgan fingerprint density at radius 3 is 2.22 bits per heavy atom. The molecule has 0 spiro atoms. The average Bonchev–Trinajstić information content (AvgIpc) is 2.72. The number of phenols is 1. The van der Waals surface area contributed by atoms with Gasteiger partial charge in [0.25, 0.3) is 0 Å². The number of phenolic OH excluding ortho intramolecular Hbond substituents is 1. The number of fused-ring (bicyclic) bond motifs is 2. The van der Waals surface area contributed by atoms with E-state index in [-0.39, 0.29) is 30.0 Å². The van der Waals surface area contributed by atoms with E-state index in [2.05, 4.69) is 0 Å². The highest BCUT2D eigenvalue weighted by atomic mass is 16.6. The van der Waals surface area contributed by atoms with Gasteiger partial charge in [-0.1, -0.05) is 0 Å². The number of aromatic hydroxyl groups is 1. The number of rotatable bonds is 2. The normalized spacial score (nSPS) is 26.9. The summed E-state index contributed by atoms with van der Waals surface area (Å²) in [4.78, 5) is 14.3. The monoisotopic (exact) mass is 319 g/mol. The summed E-state index contributed by atoms with van der Waals surface area (Å²) >= 11 is 0. The molecule has 5 nitrogen and oxygen atoms in total. The van der Waals surface area contributed by atoms with E-state index in [1.54, 1.807) is 24.3 Å². The fourth-order valence-corrected chi connectivity index (χ4v) is 3.55. The molecule has 23 heavy (non-hydrogen) atoms. The highest BCUT2D eigenvalue weighted by Gasteiger charge is 2.45. The van der Waals surface area contributed by atoms with E-state index in [1.807, 2.05) is 25.7 Å². The lowest BCUT2D eigenvalue weighted by Crippen LogP contribution is -2.50. The molecule has 2 aliphatic heterocycles. The number of nitrogens with zero attached hydrogens (tertiary/aromatic N) is 1. The predicted molar refractivity (Wildman–Crippen MR) is 86.6 cm³/mol. The Balaban J connectivity index is 1.62. The third-order valence-electron chi connectivity index (χ3n) is 4.43. The maximum Gasteiger partial charge on any atom is 0.410 e. The lowest BCUT2D eigenvalue weighted by molar-refractivity contribution is -0.00708. The third-order valence-corrected chi connectivity index (χ3v) is 4.43. The summed E-state index contributed by atoms with van der Waals surface area (Å²) in [5.74, 6) is 0.995. The van der Waals surface area contributed by atoms with Gasteiger partial charge in [0.1, 0.15) is 23.2 Å². The summed E-state index contributed by atoms with van der Waals surface area (Å²) in [7, 11) is 0. The van der Waals surface area contributed by atoms with Crippen LogP contribution in [0.25, 0.3) is 0 Å². The van der Waals surface area contributed by atoms with Crippen molar-refractivity contribution in [3.8, 4) is 11.5 Å². The van der Waals surface area contributed by atoms with E-state index in [9.17, 15) is 9.90 Å². The number of amides is 1. The van der Waals surface area contributed by atoms with Crippen molar-refractivity contribution < 1.29 is 19.4 Å². The first-order valence-corrected chi connectivity index (χ1v) is 8.29. The van der Waals surface area contributed by atoms with Crippen molar-refractivity contribution in [2.75, 3.05) is 0 Å². The van der Waals surface area contributed by atoms with Gasteiger partial charge in [-0.05, 0) is 57.9 Å². The van der Waals surface area contributed by atoms with Crippen molar-refractivity contribution in [2.45, 2.75) is 70.2 Å². The van der Waals surface area contributed by atoms with Crippen molar-refractivity contribution in [2.24, 2.45) is 0 Å². The second kappa shape index (κ2) is 5.95. The van der Waals surface area contributed by atoms with Crippen LogP contribution in [-0.2, 0) is 4.74 Å². The summed E-state index contributed by atoms with van der Waals surface area (Å²) in [6, 6.07) is 7.20. The number of ether oxygens (including phenoxy) is 2. The van der Waals surface area contributed by atoms with Crippen LogP contribution in [0.5, 0.6) is 11.5 Å². The summed E-state index contributed by atoms with van der Waals surface area (Å²) in [5, 5.41) is 9.33. The average molecular weight is 319 g/mol. The van der Waals surface area contributed by atoms with Gasteiger partial charge in [-0.2, -0.15) is 0 Å². The van der Waals surface area contributed by atoms with Crippen LogP contribution in [0.4, 0.5) is 4.79 Å². The van der Waals surface area contributed by atoms with Crippen LogP contribution < -0.4 is 4.74 Å². The minimum atomic E-state index is -0.462. The molecule has 2 heterocycles. The minimum Gasteiger partial charge on any atom is -0.508 e. The van der Waals surface area contributed by atoms with Gasteiger partial charge in [0, 0.05) is 24.9 Å². The second-order valence-corrected chi connectivity index (χ2v) is 7.48. The molecule has 3 atom stereocenters. The fourth-order valence-electron chi connectivity index (χ4n) is 3.55. The molecule has 1 aromatic carbocycles. The van der Waals surface area contributed by atoms with Gasteiger partial charge < -0.3 is 19.5 Å². The van der Waals surface area contributed by atoms with Crippen molar-refractivity contribution in [1.82, 2.24) is 4.90 Å². The molecular weight excluding hydrogens is 294 g/mol. The van der Waals surface area contributed by atoms with Crippen molar-refractivity contribution in [3.63, 3.8) is 0 Å². The van der Waals surface area contributed by atoms with Gasteiger partial charge in [-0.3, -0.25) is 0 Å². The molecule has 2 saturated heterocycles. The number of piperidine rings is 1.